The Morgan fingerprint density at radius 1 is 1.00 bits per heavy atom. The maximum absolute atomic E-state index is 13.6. The number of hydrogen-bond acceptors (Lipinski definition) is 3. The number of rotatable bonds is 4. The van der Waals surface area contributed by atoms with E-state index >= 15 is 0 Å². The lowest BCUT2D eigenvalue weighted by molar-refractivity contribution is -0.124. The van der Waals surface area contributed by atoms with Gasteiger partial charge in [-0.05, 0) is 36.8 Å². The van der Waals surface area contributed by atoms with Gasteiger partial charge in [0.15, 0.2) is 0 Å². The van der Waals surface area contributed by atoms with Gasteiger partial charge >= 0.3 is 0 Å². The fourth-order valence-electron chi connectivity index (χ4n) is 4.82. The zero-order chi connectivity index (χ0) is 22.4. The van der Waals surface area contributed by atoms with E-state index in [-0.39, 0.29) is 11.8 Å². The summed E-state index contributed by atoms with van der Waals surface area (Å²) in [5.74, 6) is 0.742. The molecule has 2 aromatic carbocycles. The van der Waals surface area contributed by atoms with Crippen LogP contribution >= 0.6 is 0 Å². The van der Waals surface area contributed by atoms with Gasteiger partial charge in [-0.2, -0.15) is 0 Å². The molecule has 0 aliphatic carbocycles. The molecule has 1 aliphatic rings. The smallest absolute Gasteiger partial charge is 0.254 e. The molecule has 6 heteroatoms. The van der Waals surface area contributed by atoms with Crippen molar-refractivity contribution in [2.45, 2.75) is 25.4 Å². The first-order chi connectivity index (χ1) is 15.5. The second-order valence-corrected chi connectivity index (χ2v) is 8.37. The molecule has 2 atom stereocenters. The molecule has 162 valence electrons. The maximum Gasteiger partial charge on any atom is 0.254 e. The van der Waals surface area contributed by atoms with Gasteiger partial charge in [0.1, 0.15) is 11.5 Å². The second kappa shape index (κ2) is 7.71. The molecule has 1 aliphatic heterocycles. The Morgan fingerprint density at radius 3 is 2.53 bits per heavy atom. The number of benzene rings is 2. The van der Waals surface area contributed by atoms with E-state index in [0.717, 1.165) is 27.8 Å². The molecule has 0 saturated heterocycles. The van der Waals surface area contributed by atoms with Crippen molar-refractivity contribution in [1.29, 1.82) is 0 Å². The predicted molar refractivity (Wildman–Crippen MR) is 122 cm³/mol. The summed E-state index contributed by atoms with van der Waals surface area (Å²) in [5, 5.41) is 4.08. The highest BCUT2D eigenvalue weighted by Crippen LogP contribution is 2.44. The fourth-order valence-corrected chi connectivity index (χ4v) is 4.82. The van der Waals surface area contributed by atoms with Gasteiger partial charge in [-0.25, -0.2) is 0 Å². The predicted octanol–water partition coefficient (Wildman–Crippen LogP) is 4.31. The summed E-state index contributed by atoms with van der Waals surface area (Å²) in [4.78, 5) is 28.6. The van der Waals surface area contributed by atoms with Crippen molar-refractivity contribution >= 4 is 22.7 Å². The van der Waals surface area contributed by atoms with E-state index < -0.39 is 12.0 Å². The molecule has 2 unspecified atom stereocenters. The van der Waals surface area contributed by atoms with E-state index in [1.807, 2.05) is 79.3 Å². The van der Waals surface area contributed by atoms with E-state index in [0.29, 0.717) is 17.9 Å². The average Bonchev–Trinajstić information content (AvgIpc) is 3.37. The van der Waals surface area contributed by atoms with Gasteiger partial charge < -0.3 is 19.2 Å². The number of carbonyl (C=O) groups is 2. The van der Waals surface area contributed by atoms with Gasteiger partial charge in [0.25, 0.3) is 5.91 Å². The minimum Gasteiger partial charge on any atom is -0.465 e. The molecule has 3 heterocycles. The van der Waals surface area contributed by atoms with E-state index in [9.17, 15) is 9.59 Å². The molecule has 0 saturated carbocycles. The second-order valence-electron chi connectivity index (χ2n) is 8.37. The number of aryl methyl sites for hydroxylation is 2. The van der Waals surface area contributed by atoms with E-state index in [2.05, 4.69) is 5.32 Å². The van der Waals surface area contributed by atoms with Crippen molar-refractivity contribution < 1.29 is 14.0 Å². The summed E-state index contributed by atoms with van der Waals surface area (Å²) in [7, 11) is 3.76. The van der Waals surface area contributed by atoms with Gasteiger partial charge in [0.05, 0.1) is 18.5 Å². The number of para-hydroxylation sites is 1. The van der Waals surface area contributed by atoms with Crippen molar-refractivity contribution in [1.82, 2.24) is 14.8 Å². The van der Waals surface area contributed by atoms with Crippen molar-refractivity contribution in [3.63, 3.8) is 0 Å². The van der Waals surface area contributed by atoms with Crippen LogP contribution in [0.25, 0.3) is 10.9 Å². The van der Waals surface area contributed by atoms with E-state index in [4.69, 9.17) is 4.42 Å². The third-order valence-electron chi connectivity index (χ3n) is 6.34. The fraction of sp³-hybridized carbons (Fsp3) is 0.231. The largest absolute Gasteiger partial charge is 0.465 e. The monoisotopic (exact) mass is 427 g/mol. The SMILES string of the molecule is Cc1ccc(CNC(=O)C2c3ccccc3C(=O)N(C)C2c2cn(C)c3ccccc23)o1. The average molecular weight is 428 g/mol. The number of carbonyl (C=O) groups excluding carboxylic acids is 2. The molecule has 0 bridgehead atoms. The Hall–Kier alpha value is -3.80. The highest BCUT2D eigenvalue weighted by Gasteiger charge is 2.43. The molecule has 4 aromatic rings. The molecule has 6 nitrogen and oxygen atoms in total. The van der Waals surface area contributed by atoms with Gasteiger partial charge in [-0.1, -0.05) is 36.4 Å². The Bertz CT molecular complexity index is 1330. The van der Waals surface area contributed by atoms with Gasteiger partial charge in [-0.15, -0.1) is 0 Å². The first-order valence-electron chi connectivity index (χ1n) is 10.7. The normalized spacial score (nSPS) is 18.1. The van der Waals surface area contributed by atoms with Crippen molar-refractivity contribution in [3.05, 3.63) is 95.1 Å². The van der Waals surface area contributed by atoms with Crippen LogP contribution in [-0.2, 0) is 18.4 Å². The molecule has 2 aromatic heterocycles. The molecule has 2 amide bonds. The molecule has 1 N–H and O–H groups in total. The standard InChI is InChI=1S/C26H25N3O3/c1-16-12-13-17(32-16)14-27-25(30)23-19-9-4-5-10-20(19)26(31)29(3)24(23)21-15-28(2)22-11-7-6-8-18(21)22/h4-13,15,23-24H,14H2,1-3H3,(H,27,30). The lowest BCUT2D eigenvalue weighted by Crippen LogP contribution is -2.45. The number of furan rings is 1. The molecular formula is C26H25N3O3. The van der Waals surface area contributed by atoms with Gasteiger partial charge in [0.2, 0.25) is 5.91 Å². The lowest BCUT2D eigenvalue weighted by Gasteiger charge is -2.39. The number of nitrogens with one attached hydrogen (secondary N) is 1. The van der Waals surface area contributed by atoms with Gasteiger partial charge in [-0.3, -0.25) is 9.59 Å². The summed E-state index contributed by atoms with van der Waals surface area (Å²) in [6.07, 6.45) is 2.03. The van der Waals surface area contributed by atoms with Crippen molar-refractivity contribution in [2.75, 3.05) is 7.05 Å². The van der Waals surface area contributed by atoms with Crippen LogP contribution < -0.4 is 5.32 Å². The summed E-state index contributed by atoms with van der Waals surface area (Å²) >= 11 is 0. The number of nitrogens with zero attached hydrogens (tertiary/aromatic N) is 2. The Labute approximate surface area is 186 Å². The van der Waals surface area contributed by atoms with Crippen LogP contribution in [0.2, 0.25) is 0 Å². The van der Waals surface area contributed by atoms with Crippen LogP contribution in [0.1, 0.15) is 45.0 Å². The van der Waals surface area contributed by atoms with Crippen LogP contribution in [0.15, 0.2) is 71.3 Å². The summed E-state index contributed by atoms with van der Waals surface area (Å²) in [5.41, 5.74) is 3.34. The molecular weight excluding hydrogens is 402 g/mol. The summed E-state index contributed by atoms with van der Waals surface area (Å²) in [6, 6.07) is 18.8. The molecule has 0 fully saturated rings. The quantitative estimate of drug-likeness (QED) is 0.528. The third kappa shape index (κ3) is 3.19. The number of likely N-dealkylation sites (N-methyl/N-ethyl adjacent to an activating group) is 1. The number of amides is 2. The van der Waals surface area contributed by atoms with Crippen LogP contribution in [-0.4, -0.2) is 28.3 Å². The zero-order valence-corrected chi connectivity index (χ0v) is 18.3. The molecule has 32 heavy (non-hydrogen) atoms. The Morgan fingerprint density at radius 2 is 1.75 bits per heavy atom. The number of fused-ring (bicyclic) bond motifs is 2. The number of aromatic nitrogens is 1. The molecule has 0 spiro atoms. The summed E-state index contributed by atoms with van der Waals surface area (Å²) < 4.78 is 7.66. The van der Waals surface area contributed by atoms with Crippen molar-refractivity contribution in [2.24, 2.45) is 7.05 Å². The minimum absolute atomic E-state index is 0.0794. The maximum atomic E-state index is 13.6. The topological polar surface area (TPSA) is 67.5 Å². The van der Waals surface area contributed by atoms with Crippen LogP contribution in [0.5, 0.6) is 0 Å². The van der Waals surface area contributed by atoms with E-state index in [1.54, 1.807) is 18.0 Å². The number of hydrogen-bond donors (Lipinski definition) is 1. The zero-order valence-electron chi connectivity index (χ0n) is 18.3. The van der Waals surface area contributed by atoms with Crippen LogP contribution in [0.4, 0.5) is 0 Å². The van der Waals surface area contributed by atoms with Gasteiger partial charge in [0, 0.05) is 42.3 Å². The molecule has 0 radical (unpaired) electrons. The minimum atomic E-state index is -0.546. The summed E-state index contributed by atoms with van der Waals surface area (Å²) in [6.45, 7) is 2.17. The van der Waals surface area contributed by atoms with Crippen LogP contribution in [0.3, 0.4) is 0 Å². The molecule has 5 rings (SSSR count). The highest BCUT2D eigenvalue weighted by molar-refractivity contribution is 6.02. The Balaban J connectivity index is 1.61. The van der Waals surface area contributed by atoms with Crippen LogP contribution in [0, 0.1) is 6.92 Å². The lowest BCUT2D eigenvalue weighted by atomic mass is 9.79. The Kier molecular flexibility index (Phi) is 4.85. The third-order valence-corrected chi connectivity index (χ3v) is 6.34. The first-order valence-corrected chi connectivity index (χ1v) is 10.7. The highest BCUT2D eigenvalue weighted by atomic mass is 16.3. The van der Waals surface area contributed by atoms with Crippen molar-refractivity contribution in [3.8, 4) is 0 Å². The van der Waals surface area contributed by atoms with E-state index in [1.165, 1.54) is 0 Å². The first kappa shape index (κ1) is 20.1.